The molecule has 0 radical (unpaired) electrons. The summed E-state index contributed by atoms with van der Waals surface area (Å²) in [6.07, 6.45) is 0.951. The molecular weight excluding hydrogens is 234 g/mol. The fraction of sp³-hybridized carbons (Fsp3) is 0.625. The molecule has 0 aromatic heterocycles. The molecule has 0 fully saturated rings. The number of benzene rings is 1. The number of nitrogens with one attached hydrogen (secondary N) is 1. The third kappa shape index (κ3) is 3.78. The van der Waals surface area contributed by atoms with E-state index < -0.39 is 0 Å². The molecule has 19 heavy (non-hydrogen) atoms. The zero-order valence-corrected chi connectivity index (χ0v) is 13.0. The number of hydrogen-bond donors (Lipinski definition) is 2. The van der Waals surface area contributed by atoms with Crippen molar-refractivity contribution in [2.75, 3.05) is 13.1 Å². The largest absolute Gasteiger partial charge is 0.297 e. The molecule has 0 amide bonds. The van der Waals surface area contributed by atoms with Gasteiger partial charge in [-0.15, -0.1) is 0 Å². The molecule has 0 saturated carbocycles. The Labute approximate surface area is 118 Å². The van der Waals surface area contributed by atoms with E-state index in [0.29, 0.717) is 0 Å². The molecular formula is C16H29N3. The Morgan fingerprint density at radius 3 is 2.26 bits per heavy atom. The molecule has 1 aromatic carbocycles. The topological polar surface area (TPSA) is 41.3 Å². The van der Waals surface area contributed by atoms with Crippen LogP contribution in [0.15, 0.2) is 24.3 Å². The molecule has 3 N–H and O–H groups in total. The standard InChI is InChI=1S/C16H29N3/c1-6-19(7-2)16(4,5)15(18-17)12-14-11-9-8-10-13(14)3/h8-11,15,18H,6-7,12,17H2,1-5H3. The van der Waals surface area contributed by atoms with Gasteiger partial charge in [-0.25, -0.2) is 0 Å². The van der Waals surface area contributed by atoms with Crippen molar-refractivity contribution in [3.63, 3.8) is 0 Å². The van der Waals surface area contributed by atoms with Gasteiger partial charge in [-0.05, 0) is 51.4 Å². The molecule has 1 unspecified atom stereocenters. The molecule has 0 aliphatic carbocycles. The fourth-order valence-corrected chi connectivity index (χ4v) is 2.83. The normalized spacial score (nSPS) is 13.8. The average Bonchev–Trinajstić information content (AvgIpc) is 2.38. The van der Waals surface area contributed by atoms with E-state index >= 15 is 0 Å². The van der Waals surface area contributed by atoms with Gasteiger partial charge < -0.3 is 0 Å². The van der Waals surface area contributed by atoms with Crippen molar-refractivity contribution >= 4 is 0 Å². The van der Waals surface area contributed by atoms with Crippen LogP contribution in [0.2, 0.25) is 0 Å². The van der Waals surface area contributed by atoms with Gasteiger partial charge in [0.05, 0.1) is 0 Å². The Bertz CT molecular complexity index is 383. The summed E-state index contributed by atoms with van der Waals surface area (Å²) in [5.41, 5.74) is 5.75. The summed E-state index contributed by atoms with van der Waals surface area (Å²) >= 11 is 0. The van der Waals surface area contributed by atoms with Crippen LogP contribution >= 0.6 is 0 Å². The lowest BCUT2D eigenvalue weighted by atomic mass is 9.86. The first-order valence-electron chi connectivity index (χ1n) is 7.23. The summed E-state index contributed by atoms with van der Waals surface area (Å²) in [4.78, 5) is 2.45. The first-order chi connectivity index (χ1) is 8.97. The van der Waals surface area contributed by atoms with E-state index in [2.05, 4.69) is 69.2 Å². The third-order valence-corrected chi connectivity index (χ3v) is 4.32. The summed E-state index contributed by atoms with van der Waals surface area (Å²) in [7, 11) is 0. The zero-order chi connectivity index (χ0) is 14.5. The smallest absolute Gasteiger partial charge is 0.0429 e. The summed E-state index contributed by atoms with van der Waals surface area (Å²) < 4.78 is 0. The second-order valence-electron chi connectivity index (χ2n) is 5.68. The van der Waals surface area contributed by atoms with Crippen LogP contribution < -0.4 is 11.3 Å². The number of nitrogens with two attached hydrogens (primary N) is 1. The summed E-state index contributed by atoms with van der Waals surface area (Å²) in [5, 5.41) is 0. The van der Waals surface area contributed by atoms with Gasteiger partial charge in [0.25, 0.3) is 0 Å². The molecule has 0 spiro atoms. The van der Waals surface area contributed by atoms with Crippen LogP contribution in [0.3, 0.4) is 0 Å². The molecule has 3 heteroatoms. The van der Waals surface area contributed by atoms with Gasteiger partial charge in [-0.2, -0.15) is 0 Å². The highest BCUT2D eigenvalue weighted by molar-refractivity contribution is 5.27. The van der Waals surface area contributed by atoms with Gasteiger partial charge >= 0.3 is 0 Å². The van der Waals surface area contributed by atoms with Crippen LogP contribution in [0, 0.1) is 6.92 Å². The van der Waals surface area contributed by atoms with E-state index in [1.807, 2.05) is 0 Å². The summed E-state index contributed by atoms with van der Waals surface area (Å²) in [6.45, 7) is 13.2. The van der Waals surface area contributed by atoms with Gasteiger partial charge in [-0.1, -0.05) is 38.1 Å². The lowest BCUT2D eigenvalue weighted by Crippen LogP contribution is -2.60. The molecule has 1 aromatic rings. The summed E-state index contributed by atoms with van der Waals surface area (Å²) in [5.74, 6) is 5.83. The highest BCUT2D eigenvalue weighted by Gasteiger charge is 2.33. The number of rotatable bonds is 7. The molecule has 108 valence electrons. The molecule has 0 saturated heterocycles. The lowest BCUT2D eigenvalue weighted by Gasteiger charge is -2.43. The Kier molecular flexibility index (Phi) is 5.98. The second-order valence-corrected chi connectivity index (χ2v) is 5.68. The number of aryl methyl sites for hydroxylation is 1. The van der Waals surface area contributed by atoms with Crippen molar-refractivity contribution < 1.29 is 0 Å². The van der Waals surface area contributed by atoms with Gasteiger partial charge in [0, 0.05) is 11.6 Å². The van der Waals surface area contributed by atoms with E-state index in [4.69, 9.17) is 5.84 Å². The van der Waals surface area contributed by atoms with Crippen molar-refractivity contribution in [3.8, 4) is 0 Å². The van der Waals surface area contributed by atoms with Gasteiger partial charge in [-0.3, -0.25) is 16.2 Å². The zero-order valence-electron chi connectivity index (χ0n) is 13.0. The van der Waals surface area contributed by atoms with Gasteiger partial charge in [0.2, 0.25) is 0 Å². The first kappa shape index (κ1) is 16.2. The highest BCUT2D eigenvalue weighted by atomic mass is 15.3. The van der Waals surface area contributed by atoms with Crippen LogP contribution in [0.25, 0.3) is 0 Å². The van der Waals surface area contributed by atoms with Crippen LogP contribution in [-0.2, 0) is 6.42 Å². The van der Waals surface area contributed by atoms with E-state index in [1.54, 1.807) is 0 Å². The second kappa shape index (κ2) is 7.04. The van der Waals surface area contributed by atoms with Gasteiger partial charge in [0.15, 0.2) is 0 Å². The monoisotopic (exact) mass is 263 g/mol. The maximum absolute atomic E-state index is 5.83. The van der Waals surface area contributed by atoms with E-state index in [1.165, 1.54) is 11.1 Å². The number of likely N-dealkylation sites (N-methyl/N-ethyl adjacent to an activating group) is 1. The molecule has 1 rings (SSSR count). The Hall–Kier alpha value is -0.900. The third-order valence-electron chi connectivity index (χ3n) is 4.32. The van der Waals surface area contributed by atoms with Crippen LogP contribution in [0.5, 0.6) is 0 Å². The van der Waals surface area contributed by atoms with Crippen molar-refractivity contribution in [1.82, 2.24) is 10.3 Å². The molecule has 0 bridgehead atoms. The van der Waals surface area contributed by atoms with Crippen LogP contribution in [-0.4, -0.2) is 29.6 Å². The van der Waals surface area contributed by atoms with E-state index in [0.717, 1.165) is 19.5 Å². The first-order valence-corrected chi connectivity index (χ1v) is 7.23. The maximum Gasteiger partial charge on any atom is 0.0429 e. The predicted octanol–water partition coefficient (Wildman–Crippen LogP) is 2.49. The van der Waals surface area contributed by atoms with Crippen LogP contribution in [0.4, 0.5) is 0 Å². The minimum atomic E-state index is 0.0283. The van der Waals surface area contributed by atoms with Crippen molar-refractivity contribution in [3.05, 3.63) is 35.4 Å². The van der Waals surface area contributed by atoms with Crippen LogP contribution in [0.1, 0.15) is 38.8 Å². The Morgan fingerprint density at radius 1 is 1.21 bits per heavy atom. The lowest BCUT2D eigenvalue weighted by molar-refractivity contribution is 0.0911. The Balaban J connectivity index is 2.92. The molecule has 3 nitrogen and oxygen atoms in total. The summed E-state index contributed by atoms with van der Waals surface area (Å²) in [6, 6.07) is 8.76. The SMILES string of the molecule is CCN(CC)C(C)(C)C(Cc1ccccc1C)NN. The van der Waals surface area contributed by atoms with Crippen molar-refractivity contribution in [1.29, 1.82) is 0 Å². The number of hydrogen-bond acceptors (Lipinski definition) is 3. The quantitative estimate of drug-likeness (QED) is 0.586. The minimum Gasteiger partial charge on any atom is -0.297 e. The molecule has 0 heterocycles. The predicted molar refractivity (Wildman–Crippen MR) is 83.0 cm³/mol. The van der Waals surface area contributed by atoms with E-state index in [-0.39, 0.29) is 11.6 Å². The van der Waals surface area contributed by atoms with Crippen molar-refractivity contribution in [2.45, 2.75) is 52.6 Å². The molecule has 0 aliphatic heterocycles. The average molecular weight is 263 g/mol. The number of nitrogens with zero attached hydrogens (tertiary/aromatic N) is 1. The Morgan fingerprint density at radius 2 is 1.79 bits per heavy atom. The van der Waals surface area contributed by atoms with Gasteiger partial charge in [0.1, 0.15) is 0 Å². The molecule has 0 aliphatic rings. The highest BCUT2D eigenvalue weighted by Crippen LogP contribution is 2.22. The van der Waals surface area contributed by atoms with E-state index in [9.17, 15) is 0 Å². The maximum atomic E-state index is 5.83. The van der Waals surface area contributed by atoms with Crippen molar-refractivity contribution in [2.24, 2.45) is 5.84 Å². The fourth-order valence-electron chi connectivity index (χ4n) is 2.83. The molecule has 1 atom stereocenters. The minimum absolute atomic E-state index is 0.0283. The number of hydrazine groups is 1.